The number of hydrogen-bond acceptors (Lipinski definition) is 5. The number of nitrogens with zero attached hydrogens (tertiary/aromatic N) is 1. The lowest BCUT2D eigenvalue weighted by Crippen LogP contribution is -2.45. The summed E-state index contributed by atoms with van der Waals surface area (Å²) in [5.74, 6) is -1.37. The van der Waals surface area contributed by atoms with E-state index in [0.29, 0.717) is 16.4 Å². The Morgan fingerprint density at radius 1 is 1.15 bits per heavy atom. The van der Waals surface area contributed by atoms with E-state index in [9.17, 15) is 18.8 Å². The highest BCUT2D eigenvalue weighted by atomic mass is 35.5. The van der Waals surface area contributed by atoms with E-state index in [-0.39, 0.29) is 31.0 Å². The van der Waals surface area contributed by atoms with Gasteiger partial charge in [-0.25, -0.2) is 9.18 Å². The molecular weight excluding hydrogens is 449 g/mol. The Bertz CT molecular complexity index is 1060. The summed E-state index contributed by atoms with van der Waals surface area (Å²) in [6.45, 7) is 0.223. The second kappa shape index (κ2) is 11.2. The molecule has 172 valence electrons. The number of hydrogen-bond donors (Lipinski definition) is 4. The Hall–Kier alpha value is -3.72. The van der Waals surface area contributed by atoms with E-state index in [1.807, 2.05) is 0 Å². The zero-order valence-corrected chi connectivity index (χ0v) is 18.3. The van der Waals surface area contributed by atoms with Crippen molar-refractivity contribution in [2.45, 2.75) is 18.9 Å². The van der Waals surface area contributed by atoms with Gasteiger partial charge in [-0.1, -0.05) is 11.6 Å². The summed E-state index contributed by atoms with van der Waals surface area (Å²) in [7, 11) is 0. The fourth-order valence-electron chi connectivity index (χ4n) is 3.55. The summed E-state index contributed by atoms with van der Waals surface area (Å²) in [5.41, 5.74) is 0.923. The van der Waals surface area contributed by atoms with Gasteiger partial charge in [-0.2, -0.15) is 0 Å². The molecule has 2 atom stereocenters. The largest absolute Gasteiger partial charge is 0.362 e. The number of aldehydes is 1. The maximum Gasteiger partial charge on any atom is 0.322 e. The zero-order valence-electron chi connectivity index (χ0n) is 17.6. The fraction of sp³-hybridized carbons (Fsp3) is 0.217. The summed E-state index contributed by atoms with van der Waals surface area (Å²) in [4.78, 5) is 38.2. The van der Waals surface area contributed by atoms with Crippen molar-refractivity contribution in [3.05, 3.63) is 65.6 Å². The fourth-order valence-corrected chi connectivity index (χ4v) is 3.67. The van der Waals surface area contributed by atoms with Gasteiger partial charge in [0.2, 0.25) is 5.91 Å². The zero-order chi connectivity index (χ0) is 23.8. The molecule has 33 heavy (non-hydrogen) atoms. The Morgan fingerprint density at radius 3 is 2.55 bits per heavy atom. The molecule has 0 spiro atoms. The molecule has 10 heteroatoms. The molecule has 1 aliphatic heterocycles. The van der Waals surface area contributed by atoms with Crippen LogP contribution in [-0.4, -0.2) is 41.9 Å². The molecule has 4 N–H and O–H groups in total. The molecule has 0 saturated carbocycles. The molecule has 8 nitrogen and oxygen atoms in total. The summed E-state index contributed by atoms with van der Waals surface area (Å²) in [6.07, 6.45) is 5.25. The highest BCUT2D eigenvalue weighted by Gasteiger charge is 2.39. The number of urea groups is 1. The SMILES string of the molecule is N=C/C=C\Nc1ccc(NC(=O)[C@H]2C[C@@H](CC=O)CN2C(=O)Nc2ccc(Cl)cc2)c(F)c1. The Balaban J connectivity index is 1.72. The van der Waals surface area contributed by atoms with Gasteiger partial charge in [-0.3, -0.25) is 4.79 Å². The van der Waals surface area contributed by atoms with Crippen molar-refractivity contribution in [1.82, 2.24) is 4.90 Å². The number of anilines is 3. The van der Waals surface area contributed by atoms with Crippen LogP contribution in [0.3, 0.4) is 0 Å². The van der Waals surface area contributed by atoms with Crippen LogP contribution in [0.2, 0.25) is 5.02 Å². The first-order valence-electron chi connectivity index (χ1n) is 10.2. The van der Waals surface area contributed by atoms with Gasteiger partial charge in [-0.15, -0.1) is 0 Å². The number of allylic oxidation sites excluding steroid dienone is 1. The molecule has 2 aromatic carbocycles. The van der Waals surface area contributed by atoms with Crippen LogP contribution in [0.4, 0.5) is 26.2 Å². The first kappa shape index (κ1) is 23.9. The number of carbonyl (C=O) groups is 3. The van der Waals surface area contributed by atoms with Gasteiger partial charge in [0, 0.05) is 41.8 Å². The molecule has 3 rings (SSSR count). The van der Waals surface area contributed by atoms with Crippen molar-refractivity contribution in [3.63, 3.8) is 0 Å². The van der Waals surface area contributed by atoms with Crippen molar-refractivity contribution in [2.75, 3.05) is 22.5 Å². The van der Waals surface area contributed by atoms with Crippen LogP contribution in [0.15, 0.2) is 54.7 Å². The molecular formula is C23H23ClFN5O3. The van der Waals surface area contributed by atoms with E-state index in [4.69, 9.17) is 17.0 Å². The molecule has 2 aromatic rings. The number of likely N-dealkylation sites (tertiary alicyclic amines) is 1. The minimum Gasteiger partial charge on any atom is -0.362 e. The predicted octanol–water partition coefficient (Wildman–Crippen LogP) is 4.50. The molecule has 0 aromatic heterocycles. The maximum atomic E-state index is 14.5. The molecule has 1 saturated heterocycles. The minimum atomic E-state index is -0.866. The maximum absolute atomic E-state index is 14.5. The third kappa shape index (κ3) is 6.39. The van der Waals surface area contributed by atoms with Gasteiger partial charge in [0.1, 0.15) is 18.1 Å². The van der Waals surface area contributed by atoms with E-state index < -0.39 is 23.8 Å². The third-order valence-electron chi connectivity index (χ3n) is 5.15. The summed E-state index contributed by atoms with van der Waals surface area (Å²) in [6, 6.07) is 9.35. The van der Waals surface area contributed by atoms with Crippen LogP contribution in [0.25, 0.3) is 0 Å². The number of halogens is 2. The first-order chi connectivity index (χ1) is 15.9. The predicted molar refractivity (Wildman–Crippen MR) is 126 cm³/mol. The summed E-state index contributed by atoms with van der Waals surface area (Å²) < 4.78 is 14.5. The standard InChI is InChI=1S/C23H23ClFN5O3/c24-16-2-4-17(5-3-16)28-23(33)30-14-15(8-11-31)12-21(30)22(32)29-20-7-6-18(13-19(20)25)27-10-1-9-26/h1-7,9-11,13,15,21,26-27H,8,12,14H2,(H,28,33)(H,29,32)/b10-1-,26-9?/t15-,21-/m1/s1. The minimum absolute atomic E-state index is 0.0292. The second-order valence-electron chi connectivity index (χ2n) is 7.46. The van der Waals surface area contributed by atoms with Gasteiger partial charge in [-0.05, 0) is 60.9 Å². The Kier molecular flexibility index (Phi) is 8.15. The van der Waals surface area contributed by atoms with Crippen LogP contribution in [0.5, 0.6) is 0 Å². The lowest BCUT2D eigenvalue weighted by atomic mass is 10.0. The topological polar surface area (TPSA) is 114 Å². The van der Waals surface area contributed by atoms with Gasteiger partial charge >= 0.3 is 6.03 Å². The molecule has 0 bridgehead atoms. The van der Waals surface area contributed by atoms with Crippen LogP contribution in [0, 0.1) is 17.1 Å². The van der Waals surface area contributed by atoms with Gasteiger partial charge in [0.25, 0.3) is 0 Å². The average Bonchev–Trinajstić information content (AvgIpc) is 3.22. The third-order valence-corrected chi connectivity index (χ3v) is 5.40. The van der Waals surface area contributed by atoms with Crippen molar-refractivity contribution >= 4 is 53.1 Å². The normalized spacial score (nSPS) is 17.6. The quantitative estimate of drug-likeness (QED) is 0.335. The van der Waals surface area contributed by atoms with Crippen molar-refractivity contribution < 1.29 is 18.8 Å². The van der Waals surface area contributed by atoms with Gasteiger partial charge in [0.05, 0.1) is 5.69 Å². The highest BCUT2D eigenvalue weighted by molar-refractivity contribution is 6.30. The number of nitrogens with one attached hydrogen (secondary N) is 4. The molecule has 1 heterocycles. The van der Waals surface area contributed by atoms with Gasteiger partial charge in [0.15, 0.2) is 0 Å². The molecule has 1 aliphatic rings. The summed E-state index contributed by atoms with van der Waals surface area (Å²) in [5, 5.41) is 15.5. The Morgan fingerprint density at radius 2 is 1.88 bits per heavy atom. The number of benzene rings is 2. The van der Waals surface area contributed by atoms with Crippen LogP contribution < -0.4 is 16.0 Å². The van der Waals surface area contributed by atoms with E-state index in [1.165, 1.54) is 29.3 Å². The smallest absolute Gasteiger partial charge is 0.322 e. The molecule has 0 radical (unpaired) electrons. The summed E-state index contributed by atoms with van der Waals surface area (Å²) >= 11 is 5.87. The van der Waals surface area contributed by atoms with E-state index in [0.717, 1.165) is 12.5 Å². The highest BCUT2D eigenvalue weighted by Crippen LogP contribution is 2.28. The Labute approximate surface area is 195 Å². The number of amides is 3. The number of carbonyl (C=O) groups excluding carboxylic acids is 3. The number of rotatable bonds is 8. The average molecular weight is 472 g/mol. The molecule has 1 fully saturated rings. The van der Waals surface area contributed by atoms with Crippen LogP contribution in [0.1, 0.15) is 12.8 Å². The van der Waals surface area contributed by atoms with Gasteiger partial charge < -0.3 is 31.1 Å². The lowest BCUT2D eigenvalue weighted by molar-refractivity contribution is -0.119. The first-order valence-corrected chi connectivity index (χ1v) is 10.6. The van der Waals surface area contributed by atoms with E-state index >= 15 is 0 Å². The van der Waals surface area contributed by atoms with E-state index in [1.54, 1.807) is 30.3 Å². The van der Waals surface area contributed by atoms with E-state index in [2.05, 4.69) is 16.0 Å². The lowest BCUT2D eigenvalue weighted by Gasteiger charge is -2.24. The molecule has 3 amide bonds. The van der Waals surface area contributed by atoms with Crippen LogP contribution in [-0.2, 0) is 9.59 Å². The van der Waals surface area contributed by atoms with Crippen molar-refractivity contribution in [3.8, 4) is 0 Å². The molecule has 0 unspecified atom stereocenters. The van der Waals surface area contributed by atoms with Crippen LogP contribution >= 0.6 is 11.6 Å². The molecule has 0 aliphatic carbocycles. The second-order valence-corrected chi connectivity index (χ2v) is 7.90. The monoisotopic (exact) mass is 471 g/mol. The van der Waals surface area contributed by atoms with Crippen molar-refractivity contribution in [1.29, 1.82) is 5.41 Å². The van der Waals surface area contributed by atoms with Crippen molar-refractivity contribution in [2.24, 2.45) is 5.92 Å².